The number of nitrogens with one attached hydrogen (secondary N) is 2. The maximum atomic E-state index is 13.0. The first-order valence-corrected chi connectivity index (χ1v) is 13.2. The molecule has 6 N–H and O–H groups in total. The number of carbonyl (C=O) groups is 5. The van der Waals surface area contributed by atoms with Crippen LogP contribution in [0.2, 0.25) is 0 Å². The van der Waals surface area contributed by atoms with Crippen LogP contribution >= 0.6 is 0 Å². The lowest BCUT2D eigenvalue weighted by atomic mass is 9.84. The summed E-state index contributed by atoms with van der Waals surface area (Å²) in [6.45, 7) is 0.387. The predicted octanol–water partition coefficient (Wildman–Crippen LogP) is 0.903. The molecule has 1 saturated heterocycles. The number of aliphatic carboxylic acids is 2. The van der Waals surface area contributed by atoms with Gasteiger partial charge in [0.05, 0.1) is 11.6 Å². The van der Waals surface area contributed by atoms with Crippen LogP contribution in [0.5, 0.6) is 0 Å². The van der Waals surface area contributed by atoms with E-state index in [1.165, 1.54) is 11.1 Å². The van der Waals surface area contributed by atoms with Gasteiger partial charge in [-0.25, -0.2) is 9.59 Å². The SMILES string of the molecule is N[C@@H](CCCCNC(=O)c1cccnc1)C(=O)N[C@H](CCC(=O)N1[C@H](C(=O)O)C[C@@H]2CCCC[C@@H]21)C(=O)O. The van der Waals surface area contributed by atoms with Crippen LogP contribution in [0, 0.1) is 5.92 Å². The first-order valence-electron chi connectivity index (χ1n) is 13.2. The highest BCUT2D eigenvalue weighted by Gasteiger charge is 2.47. The Hall–Kier alpha value is -3.54. The summed E-state index contributed by atoms with van der Waals surface area (Å²) in [6, 6.07) is 0.0350. The number of carboxylic acid groups (broad SMARTS) is 2. The number of hydrogen-bond donors (Lipinski definition) is 5. The third-order valence-corrected chi connectivity index (χ3v) is 7.41. The Labute approximate surface area is 221 Å². The fraction of sp³-hybridized carbons (Fsp3) is 0.615. The molecule has 3 amide bonds. The zero-order valence-electron chi connectivity index (χ0n) is 21.4. The molecule has 12 heteroatoms. The Morgan fingerprint density at radius 3 is 2.55 bits per heavy atom. The number of rotatable bonds is 13. The zero-order valence-corrected chi connectivity index (χ0v) is 21.4. The number of unbranched alkanes of at least 4 members (excludes halogenated alkanes) is 1. The number of carbonyl (C=O) groups excluding carboxylic acids is 3. The second-order valence-corrected chi connectivity index (χ2v) is 10.0. The second kappa shape index (κ2) is 13.8. The van der Waals surface area contributed by atoms with E-state index in [1.54, 1.807) is 18.3 Å². The molecule has 0 spiro atoms. The molecule has 1 aromatic heterocycles. The second-order valence-electron chi connectivity index (χ2n) is 10.0. The number of carboxylic acids is 2. The van der Waals surface area contributed by atoms with Crippen molar-refractivity contribution >= 4 is 29.7 Å². The summed E-state index contributed by atoms with van der Waals surface area (Å²) in [5.41, 5.74) is 6.39. The molecular weight excluding hydrogens is 494 g/mol. The summed E-state index contributed by atoms with van der Waals surface area (Å²) < 4.78 is 0. The maximum Gasteiger partial charge on any atom is 0.326 e. The van der Waals surface area contributed by atoms with Gasteiger partial charge in [-0.1, -0.05) is 12.8 Å². The third kappa shape index (κ3) is 7.73. The van der Waals surface area contributed by atoms with Gasteiger partial charge in [0.25, 0.3) is 5.91 Å². The summed E-state index contributed by atoms with van der Waals surface area (Å²) in [7, 11) is 0. The molecule has 0 aromatic carbocycles. The summed E-state index contributed by atoms with van der Waals surface area (Å²) in [5.74, 6) is -3.46. The number of nitrogens with two attached hydrogens (primary N) is 1. The van der Waals surface area contributed by atoms with Crippen LogP contribution in [0.4, 0.5) is 0 Å². The minimum absolute atomic E-state index is 0.127. The van der Waals surface area contributed by atoms with Crippen molar-refractivity contribution in [2.75, 3.05) is 6.54 Å². The Morgan fingerprint density at radius 2 is 1.87 bits per heavy atom. The molecule has 2 aliphatic rings. The van der Waals surface area contributed by atoms with E-state index in [4.69, 9.17) is 5.73 Å². The summed E-state index contributed by atoms with van der Waals surface area (Å²) in [4.78, 5) is 66.3. The lowest BCUT2D eigenvalue weighted by Gasteiger charge is -2.33. The highest BCUT2D eigenvalue weighted by molar-refractivity contribution is 5.93. The molecule has 1 saturated carbocycles. The van der Waals surface area contributed by atoms with Crippen molar-refractivity contribution in [1.29, 1.82) is 0 Å². The average Bonchev–Trinajstić information content (AvgIpc) is 3.31. The Morgan fingerprint density at radius 1 is 1.11 bits per heavy atom. The number of likely N-dealkylation sites (tertiary alicyclic amines) is 1. The Kier molecular flexibility index (Phi) is 10.6. The fourth-order valence-electron chi connectivity index (χ4n) is 5.39. The van der Waals surface area contributed by atoms with Crippen molar-refractivity contribution in [2.45, 2.75) is 88.4 Å². The number of fused-ring (bicyclic) bond motifs is 1. The van der Waals surface area contributed by atoms with Crippen molar-refractivity contribution in [3.63, 3.8) is 0 Å². The Bertz CT molecular complexity index is 1000. The highest BCUT2D eigenvalue weighted by atomic mass is 16.4. The quantitative estimate of drug-likeness (QED) is 0.230. The molecule has 2 heterocycles. The van der Waals surface area contributed by atoms with Gasteiger partial charge in [-0.05, 0) is 63.0 Å². The van der Waals surface area contributed by atoms with E-state index in [0.717, 1.165) is 25.7 Å². The van der Waals surface area contributed by atoms with Gasteiger partial charge in [0.1, 0.15) is 12.1 Å². The summed E-state index contributed by atoms with van der Waals surface area (Å²) >= 11 is 0. The van der Waals surface area contributed by atoms with Crippen molar-refractivity contribution in [3.05, 3.63) is 30.1 Å². The van der Waals surface area contributed by atoms with Gasteiger partial charge in [0, 0.05) is 31.4 Å². The third-order valence-electron chi connectivity index (χ3n) is 7.41. The van der Waals surface area contributed by atoms with E-state index in [1.807, 2.05) is 0 Å². The van der Waals surface area contributed by atoms with Crippen LogP contribution in [0.25, 0.3) is 0 Å². The van der Waals surface area contributed by atoms with Crippen LogP contribution in [0.15, 0.2) is 24.5 Å². The van der Waals surface area contributed by atoms with E-state index >= 15 is 0 Å². The molecule has 0 unspecified atom stereocenters. The fourth-order valence-corrected chi connectivity index (χ4v) is 5.39. The molecule has 1 aromatic rings. The summed E-state index contributed by atoms with van der Waals surface area (Å²) in [6.07, 6.45) is 8.10. The summed E-state index contributed by atoms with van der Waals surface area (Å²) in [5, 5.41) is 24.4. The topological polar surface area (TPSA) is 192 Å². The van der Waals surface area contributed by atoms with Crippen LogP contribution in [-0.2, 0) is 19.2 Å². The normalized spacial score (nSPS) is 22.1. The lowest BCUT2D eigenvalue weighted by Crippen LogP contribution is -2.50. The number of hydrogen-bond acceptors (Lipinski definition) is 7. The Balaban J connectivity index is 1.42. The van der Waals surface area contributed by atoms with Gasteiger partial charge >= 0.3 is 11.9 Å². The first-order chi connectivity index (χ1) is 18.2. The van der Waals surface area contributed by atoms with Crippen molar-refractivity contribution in [3.8, 4) is 0 Å². The molecule has 12 nitrogen and oxygen atoms in total. The van der Waals surface area contributed by atoms with Gasteiger partial charge < -0.3 is 31.5 Å². The molecular formula is C26H37N5O7. The minimum Gasteiger partial charge on any atom is -0.480 e. The van der Waals surface area contributed by atoms with Crippen LogP contribution in [0.1, 0.15) is 74.6 Å². The van der Waals surface area contributed by atoms with Crippen LogP contribution < -0.4 is 16.4 Å². The van der Waals surface area contributed by atoms with E-state index < -0.39 is 41.9 Å². The molecule has 208 valence electrons. The standard InChI is InChI=1S/C26H37N5O7/c27-18(8-3-4-13-29-23(33)17-7-5-12-28-15-17)24(34)30-19(25(35)36)10-11-22(32)31-20-9-2-1-6-16(20)14-21(31)26(37)38/h5,7,12,15-16,18-21H,1-4,6,8-11,13-14,27H2,(H,29,33)(H,30,34)(H,35,36)(H,37,38)/t16-,18-,19+,20-,21-/m0/s1. The maximum absolute atomic E-state index is 13.0. The smallest absolute Gasteiger partial charge is 0.326 e. The molecule has 0 radical (unpaired) electrons. The van der Waals surface area contributed by atoms with Gasteiger partial charge in [0.2, 0.25) is 11.8 Å². The zero-order chi connectivity index (χ0) is 27.7. The number of pyridine rings is 1. The number of aromatic nitrogens is 1. The molecule has 0 bridgehead atoms. The van der Waals surface area contributed by atoms with E-state index in [2.05, 4.69) is 15.6 Å². The van der Waals surface area contributed by atoms with Crippen molar-refractivity contribution in [1.82, 2.24) is 20.5 Å². The van der Waals surface area contributed by atoms with Gasteiger partial charge in [0.15, 0.2) is 0 Å². The van der Waals surface area contributed by atoms with E-state index in [-0.39, 0.29) is 37.1 Å². The average molecular weight is 532 g/mol. The molecule has 38 heavy (non-hydrogen) atoms. The van der Waals surface area contributed by atoms with Gasteiger partial charge in [-0.2, -0.15) is 0 Å². The largest absolute Gasteiger partial charge is 0.480 e. The monoisotopic (exact) mass is 531 g/mol. The molecule has 2 fully saturated rings. The number of amides is 3. The van der Waals surface area contributed by atoms with Crippen molar-refractivity contribution in [2.24, 2.45) is 11.7 Å². The minimum atomic E-state index is -1.32. The first kappa shape index (κ1) is 29.0. The van der Waals surface area contributed by atoms with Gasteiger partial charge in [-0.15, -0.1) is 0 Å². The lowest BCUT2D eigenvalue weighted by molar-refractivity contribution is -0.150. The van der Waals surface area contributed by atoms with E-state index in [0.29, 0.717) is 31.4 Å². The predicted molar refractivity (Wildman–Crippen MR) is 136 cm³/mol. The highest BCUT2D eigenvalue weighted by Crippen LogP contribution is 2.40. The van der Waals surface area contributed by atoms with Crippen LogP contribution in [-0.4, -0.2) is 80.5 Å². The molecule has 5 atom stereocenters. The molecule has 1 aliphatic heterocycles. The molecule has 1 aliphatic carbocycles. The van der Waals surface area contributed by atoms with Crippen molar-refractivity contribution < 1.29 is 34.2 Å². The van der Waals surface area contributed by atoms with Crippen LogP contribution in [0.3, 0.4) is 0 Å². The molecule has 3 rings (SSSR count). The van der Waals surface area contributed by atoms with Gasteiger partial charge in [-0.3, -0.25) is 19.4 Å². The number of nitrogens with zero attached hydrogens (tertiary/aromatic N) is 2. The van der Waals surface area contributed by atoms with E-state index in [9.17, 15) is 34.2 Å².